The number of imidazole rings is 1. The summed E-state index contributed by atoms with van der Waals surface area (Å²) in [6, 6.07) is 5.39. The molecule has 2 heterocycles. The van der Waals surface area contributed by atoms with Crippen molar-refractivity contribution in [2.45, 2.75) is 33.2 Å². The fraction of sp³-hybridized carbons (Fsp3) is 0.400. The smallest absolute Gasteiger partial charge is 0.147 e. The number of nitrogens with zero attached hydrogens (tertiary/aromatic N) is 2. The first-order valence-electron chi connectivity index (χ1n) is 6.77. The van der Waals surface area contributed by atoms with Crippen LogP contribution in [0.4, 0.5) is 4.39 Å². The van der Waals surface area contributed by atoms with Crippen molar-refractivity contribution in [2.75, 3.05) is 6.54 Å². The van der Waals surface area contributed by atoms with E-state index in [1.807, 2.05) is 23.6 Å². The average molecular weight is 259 g/mol. The number of nitrogens with one attached hydrogen (secondary N) is 1. The Kier molecular flexibility index (Phi) is 3.11. The van der Waals surface area contributed by atoms with E-state index in [0.717, 1.165) is 48.7 Å². The van der Waals surface area contributed by atoms with Crippen LogP contribution in [0.3, 0.4) is 0 Å². The van der Waals surface area contributed by atoms with Crippen molar-refractivity contribution in [1.29, 1.82) is 0 Å². The van der Waals surface area contributed by atoms with Crippen molar-refractivity contribution >= 4 is 0 Å². The van der Waals surface area contributed by atoms with Crippen LogP contribution in [0.1, 0.15) is 29.7 Å². The van der Waals surface area contributed by atoms with Gasteiger partial charge in [-0.15, -0.1) is 0 Å². The number of halogens is 1. The summed E-state index contributed by atoms with van der Waals surface area (Å²) in [5.41, 5.74) is 3.77. The maximum atomic E-state index is 14.2. The van der Waals surface area contributed by atoms with Crippen LogP contribution in [0, 0.1) is 12.7 Å². The molecule has 1 aliphatic heterocycles. The summed E-state index contributed by atoms with van der Waals surface area (Å²) in [6.45, 7) is 5.67. The minimum atomic E-state index is -0.173. The highest BCUT2D eigenvalue weighted by molar-refractivity contribution is 5.41. The molecule has 0 spiro atoms. The lowest BCUT2D eigenvalue weighted by molar-refractivity contribution is 0.597. The van der Waals surface area contributed by atoms with Crippen LogP contribution >= 0.6 is 0 Å². The molecule has 4 heteroatoms. The molecule has 0 radical (unpaired) electrons. The van der Waals surface area contributed by atoms with Gasteiger partial charge in [-0.2, -0.15) is 0 Å². The van der Waals surface area contributed by atoms with Gasteiger partial charge in [0.1, 0.15) is 11.6 Å². The van der Waals surface area contributed by atoms with Crippen LogP contribution in [0.25, 0.3) is 5.69 Å². The molecule has 0 unspecified atom stereocenters. The van der Waals surface area contributed by atoms with Gasteiger partial charge in [0.25, 0.3) is 0 Å². The molecule has 0 atom stereocenters. The van der Waals surface area contributed by atoms with Gasteiger partial charge in [-0.25, -0.2) is 9.37 Å². The molecule has 0 amide bonds. The van der Waals surface area contributed by atoms with Gasteiger partial charge in [0.05, 0.1) is 11.4 Å². The van der Waals surface area contributed by atoms with Crippen molar-refractivity contribution in [2.24, 2.45) is 0 Å². The summed E-state index contributed by atoms with van der Waals surface area (Å²) >= 11 is 0. The summed E-state index contributed by atoms with van der Waals surface area (Å²) < 4.78 is 16.2. The van der Waals surface area contributed by atoms with Crippen molar-refractivity contribution in [3.05, 3.63) is 46.8 Å². The number of hydrogen-bond donors (Lipinski definition) is 1. The highest BCUT2D eigenvalue weighted by atomic mass is 19.1. The number of hydrogen-bond acceptors (Lipinski definition) is 2. The summed E-state index contributed by atoms with van der Waals surface area (Å²) in [4.78, 5) is 4.64. The molecule has 0 bridgehead atoms. The van der Waals surface area contributed by atoms with Crippen molar-refractivity contribution in [3.8, 4) is 5.69 Å². The number of rotatable bonds is 2. The number of fused-ring (bicyclic) bond motifs is 1. The number of benzene rings is 1. The molecular formula is C15H18FN3. The Balaban J connectivity index is 2.20. The molecule has 1 aromatic heterocycles. The molecule has 1 N–H and O–H groups in total. The van der Waals surface area contributed by atoms with Crippen LogP contribution in [0.5, 0.6) is 0 Å². The topological polar surface area (TPSA) is 29.9 Å². The molecule has 1 aliphatic rings. The molecule has 1 aromatic carbocycles. The Bertz CT molecular complexity index is 616. The van der Waals surface area contributed by atoms with E-state index in [1.54, 1.807) is 6.07 Å². The first-order valence-corrected chi connectivity index (χ1v) is 6.77. The molecule has 0 fully saturated rings. The zero-order valence-electron chi connectivity index (χ0n) is 11.3. The zero-order chi connectivity index (χ0) is 13.4. The Morgan fingerprint density at radius 1 is 1.42 bits per heavy atom. The second-order valence-electron chi connectivity index (χ2n) is 4.99. The highest BCUT2D eigenvalue weighted by Crippen LogP contribution is 2.24. The van der Waals surface area contributed by atoms with E-state index in [-0.39, 0.29) is 5.82 Å². The molecule has 3 nitrogen and oxygen atoms in total. The maximum absolute atomic E-state index is 14.2. The summed E-state index contributed by atoms with van der Waals surface area (Å²) in [7, 11) is 0. The van der Waals surface area contributed by atoms with E-state index in [9.17, 15) is 4.39 Å². The fourth-order valence-electron chi connectivity index (χ4n) is 2.68. The lowest BCUT2D eigenvalue weighted by Crippen LogP contribution is -2.25. The molecule has 19 heavy (non-hydrogen) atoms. The normalized spacial score (nSPS) is 14.5. The minimum Gasteiger partial charge on any atom is -0.311 e. The van der Waals surface area contributed by atoms with Gasteiger partial charge in [-0.05, 0) is 24.6 Å². The molecule has 0 saturated heterocycles. The van der Waals surface area contributed by atoms with Gasteiger partial charge in [-0.3, -0.25) is 4.57 Å². The molecule has 2 aromatic rings. The molecule has 0 aliphatic carbocycles. The summed E-state index contributed by atoms with van der Waals surface area (Å²) in [5.74, 6) is 0.768. The van der Waals surface area contributed by atoms with Gasteiger partial charge in [-0.1, -0.05) is 13.0 Å². The third-order valence-corrected chi connectivity index (χ3v) is 3.62. The largest absolute Gasteiger partial charge is 0.311 e. The predicted molar refractivity (Wildman–Crippen MR) is 73.0 cm³/mol. The fourth-order valence-corrected chi connectivity index (χ4v) is 2.68. The van der Waals surface area contributed by atoms with E-state index in [0.29, 0.717) is 5.69 Å². The summed E-state index contributed by atoms with van der Waals surface area (Å²) in [5, 5.41) is 3.31. The van der Waals surface area contributed by atoms with E-state index >= 15 is 0 Å². The first kappa shape index (κ1) is 12.4. The van der Waals surface area contributed by atoms with Gasteiger partial charge >= 0.3 is 0 Å². The summed E-state index contributed by atoms with van der Waals surface area (Å²) in [6.07, 6.45) is 1.70. The molecule has 0 saturated carbocycles. The van der Waals surface area contributed by atoms with Crippen LogP contribution in [0.2, 0.25) is 0 Å². The van der Waals surface area contributed by atoms with Gasteiger partial charge in [0.2, 0.25) is 0 Å². The molecule has 3 rings (SSSR count). The Hall–Kier alpha value is -1.68. The lowest BCUT2D eigenvalue weighted by atomic mass is 10.1. The third kappa shape index (κ3) is 2.06. The van der Waals surface area contributed by atoms with Crippen LogP contribution in [-0.4, -0.2) is 16.1 Å². The van der Waals surface area contributed by atoms with E-state index < -0.39 is 0 Å². The Morgan fingerprint density at radius 2 is 2.26 bits per heavy atom. The number of aromatic nitrogens is 2. The van der Waals surface area contributed by atoms with E-state index in [2.05, 4.69) is 17.2 Å². The van der Waals surface area contributed by atoms with Crippen LogP contribution in [-0.2, 0) is 19.4 Å². The molecule has 100 valence electrons. The van der Waals surface area contributed by atoms with E-state index in [4.69, 9.17) is 0 Å². The quantitative estimate of drug-likeness (QED) is 0.898. The molecular weight excluding hydrogens is 241 g/mol. The second-order valence-corrected chi connectivity index (χ2v) is 4.99. The Morgan fingerprint density at radius 3 is 3.00 bits per heavy atom. The third-order valence-electron chi connectivity index (χ3n) is 3.62. The van der Waals surface area contributed by atoms with E-state index in [1.165, 1.54) is 0 Å². The standard InChI is InChI=1S/C15H18FN3/c1-3-15-18-12-9-17-7-6-14(12)19(15)13-5-4-10(2)8-11(13)16/h4-5,8,17H,3,6-7,9H2,1-2H3. The van der Waals surface area contributed by atoms with Gasteiger partial charge in [0.15, 0.2) is 0 Å². The first-order chi connectivity index (χ1) is 9.20. The van der Waals surface area contributed by atoms with Crippen molar-refractivity contribution in [3.63, 3.8) is 0 Å². The van der Waals surface area contributed by atoms with Crippen molar-refractivity contribution in [1.82, 2.24) is 14.9 Å². The maximum Gasteiger partial charge on any atom is 0.147 e. The zero-order valence-corrected chi connectivity index (χ0v) is 11.3. The average Bonchev–Trinajstić information content (AvgIpc) is 2.77. The lowest BCUT2D eigenvalue weighted by Gasteiger charge is -2.16. The minimum absolute atomic E-state index is 0.173. The SMILES string of the molecule is CCc1nc2c(n1-c1ccc(C)cc1F)CCNC2. The van der Waals surface area contributed by atoms with Gasteiger partial charge < -0.3 is 5.32 Å². The monoisotopic (exact) mass is 259 g/mol. The number of aryl methyl sites for hydroxylation is 2. The van der Waals surface area contributed by atoms with Crippen LogP contribution < -0.4 is 5.32 Å². The van der Waals surface area contributed by atoms with Crippen molar-refractivity contribution < 1.29 is 4.39 Å². The highest BCUT2D eigenvalue weighted by Gasteiger charge is 2.21. The van der Waals surface area contributed by atoms with Crippen LogP contribution in [0.15, 0.2) is 18.2 Å². The predicted octanol–water partition coefficient (Wildman–Crippen LogP) is 2.53. The second kappa shape index (κ2) is 4.78. The van der Waals surface area contributed by atoms with Gasteiger partial charge in [0, 0.05) is 31.6 Å². The Labute approximate surface area is 112 Å².